The van der Waals surface area contributed by atoms with E-state index in [0.29, 0.717) is 22.6 Å². The van der Waals surface area contributed by atoms with Gasteiger partial charge in [0.05, 0.1) is 28.0 Å². The smallest absolute Gasteiger partial charge is 0.392 e. The van der Waals surface area contributed by atoms with Gasteiger partial charge in [-0.25, -0.2) is 0 Å². The zero-order valence-corrected chi connectivity index (χ0v) is 20.2. The number of aliphatic carboxylic acids is 1. The molecule has 0 spiro atoms. The van der Waals surface area contributed by atoms with Crippen molar-refractivity contribution in [3.8, 4) is 0 Å². The van der Waals surface area contributed by atoms with Crippen molar-refractivity contribution < 1.29 is 27.9 Å². The van der Waals surface area contributed by atoms with E-state index in [1.165, 1.54) is 30.3 Å². The number of halogens is 5. The Balaban J connectivity index is 2.42. The summed E-state index contributed by atoms with van der Waals surface area (Å²) in [7, 11) is 0. The third-order valence-corrected chi connectivity index (χ3v) is 6.77. The first kappa shape index (κ1) is 27.0. The average Bonchev–Trinajstić information content (AvgIpc) is 2.72. The summed E-state index contributed by atoms with van der Waals surface area (Å²) < 4.78 is 40.9. The Morgan fingerprint density at radius 3 is 2.21 bits per heavy atom. The van der Waals surface area contributed by atoms with Gasteiger partial charge in [-0.1, -0.05) is 55.2 Å². The second-order valence-electron chi connectivity index (χ2n) is 8.52. The van der Waals surface area contributed by atoms with Gasteiger partial charge in [0.15, 0.2) is 0 Å². The minimum Gasteiger partial charge on any atom is -0.481 e. The van der Waals surface area contributed by atoms with Gasteiger partial charge in [0.1, 0.15) is 0 Å². The van der Waals surface area contributed by atoms with Crippen molar-refractivity contribution in [1.29, 1.82) is 0 Å². The number of anilines is 1. The topological polar surface area (TPSA) is 66.4 Å². The summed E-state index contributed by atoms with van der Waals surface area (Å²) in [5.74, 6) is -5.36. The van der Waals surface area contributed by atoms with E-state index in [2.05, 4.69) is 5.32 Å². The standard InChI is InChI=1S/C24H26Cl2F3NO3/c1-5-23(4,22(32)33)12-15-6-8-18(26)19(11-15)30-21(31)20(14(3)24(27,28)29)16-7-9-17(25)13(2)10-16/h6-11,14,20H,5,12H2,1-4H3,(H,30,31)(H,32,33)/t14-,20+,23+/m1/s1. The van der Waals surface area contributed by atoms with Crippen LogP contribution in [0.15, 0.2) is 36.4 Å². The van der Waals surface area contributed by atoms with Gasteiger partial charge in [-0.3, -0.25) is 9.59 Å². The van der Waals surface area contributed by atoms with Crippen LogP contribution in [0.5, 0.6) is 0 Å². The molecule has 33 heavy (non-hydrogen) atoms. The largest absolute Gasteiger partial charge is 0.481 e. The molecule has 1 amide bonds. The fourth-order valence-electron chi connectivity index (χ4n) is 3.51. The van der Waals surface area contributed by atoms with Gasteiger partial charge in [0.2, 0.25) is 5.91 Å². The lowest BCUT2D eigenvalue weighted by Gasteiger charge is -2.27. The van der Waals surface area contributed by atoms with Crippen molar-refractivity contribution in [2.45, 2.75) is 52.6 Å². The zero-order valence-electron chi connectivity index (χ0n) is 18.7. The Morgan fingerprint density at radius 2 is 1.70 bits per heavy atom. The number of carbonyl (C=O) groups excluding carboxylic acids is 1. The molecule has 0 fully saturated rings. The molecule has 180 valence electrons. The third-order valence-electron chi connectivity index (χ3n) is 6.02. The van der Waals surface area contributed by atoms with E-state index in [9.17, 15) is 27.9 Å². The summed E-state index contributed by atoms with van der Waals surface area (Å²) in [6.07, 6.45) is -4.09. The van der Waals surface area contributed by atoms with Gasteiger partial charge in [-0.15, -0.1) is 0 Å². The lowest BCUT2D eigenvalue weighted by Crippen LogP contribution is -2.34. The minimum atomic E-state index is -4.62. The summed E-state index contributed by atoms with van der Waals surface area (Å²) in [5.41, 5.74) is 0.394. The highest BCUT2D eigenvalue weighted by Gasteiger charge is 2.45. The van der Waals surface area contributed by atoms with E-state index < -0.39 is 35.3 Å². The van der Waals surface area contributed by atoms with Crippen LogP contribution in [0.4, 0.5) is 18.9 Å². The molecule has 2 aromatic carbocycles. The average molecular weight is 504 g/mol. The highest BCUT2D eigenvalue weighted by molar-refractivity contribution is 6.33. The number of amides is 1. The molecule has 0 radical (unpaired) electrons. The van der Waals surface area contributed by atoms with E-state index in [0.717, 1.165) is 6.92 Å². The van der Waals surface area contributed by atoms with E-state index in [1.807, 2.05) is 0 Å². The quantitative estimate of drug-likeness (QED) is 0.398. The SMILES string of the molecule is CC[C@@](C)(Cc1ccc(Cl)c(NC(=O)[C@H](c2ccc(Cl)c(C)c2)[C@@H](C)C(F)(F)F)c1)C(=O)O. The zero-order chi connectivity index (χ0) is 25.1. The molecule has 0 aliphatic rings. The highest BCUT2D eigenvalue weighted by Crippen LogP contribution is 2.39. The van der Waals surface area contributed by atoms with Crippen molar-refractivity contribution in [1.82, 2.24) is 0 Å². The Labute approximate surface area is 201 Å². The first-order chi connectivity index (χ1) is 15.2. The summed E-state index contributed by atoms with van der Waals surface area (Å²) in [5, 5.41) is 12.6. The number of aryl methyl sites for hydroxylation is 1. The lowest BCUT2D eigenvalue weighted by atomic mass is 9.81. The van der Waals surface area contributed by atoms with Gasteiger partial charge in [-0.2, -0.15) is 13.2 Å². The fraction of sp³-hybridized carbons (Fsp3) is 0.417. The summed E-state index contributed by atoms with van der Waals surface area (Å²) in [4.78, 5) is 24.8. The van der Waals surface area contributed by atoms with Crippen LogP contribution in [0.1, 0.15) is 49.8 Å². The van der Waals surface area contributed by atoms with Crippen LogP contribution in [0.2, 0.25) is 10.0 Å². The molecule has 0 aliphatic heterocycles. The molecule has 0 unspecified atom stereocenters. The van der Waals surface area contributed by atoms with E-state index in [4.69, 9.17) is 23.2 Å². The Hall–Kier alpha value is -2.25. The van der Waals surface area contributed by atoms with Crippen molar-refractivity contribution >= 4 is 40.8 Å². The minimum absolute atomic E-state index is 0.119. The molecular formula is C24H26Cl2F3NO3. The van der Waals surface area contributed by atoms with Gasteiger partial charge in [-0.05, 0) is 61.6 Å². The van der Waals surface area contributed by atoms with Crippen LogP contribution in [0.25, 0.3) is 0 Å². The first-order valence-electron chi connectivity index (χ1n) is 10.3. The molecule has 4 nitrogen and oxygen atoms in total. The van der Waals surface area contributed by atoms with E-state index in [-0.39, 0.29) is 22.7 Å². The Kier molecular flexibility index (Phi) is 8.47. The van der Waals surface area contributed by atoms with E-state index in [1.54, 1.807) is 26.8 Å². The van der Waals surface area contributed by atoms with E-state index >= 15 is 0 Å². The molecule has 9 heteroatoms. The number of carboxylic acid groups (broad SMARTS) is 1. The Bertz CT molecular complexity index is 1040. The number of hydrogen-bond acceptors (Lipinski definition) is 2. The fourth-order valence-corrected chi connectivity index (χ4v) is 3.79. The first-order valence-corrected chi connectivity index (χ1v) is 11.1. The predicted molar refractivity (Wildman–Crippen MR) is 124 cm³/mol. The number of nitrogens with one attached hydrogen (secondary N) is 1. The summed E-state index contributed by atoms with van der Waals surface area (Å²) in [6.45, 7) is 5.95. The molecule has 0 bridgehead atoms. The van der Waals surface area contributed by atoms with Crippen molar-refractivity contribution in [2.75, 3.05) is 5.32 Å². The molecular weight excluding hydrogens is 478 g/mol. The summed E-state index contributed by atoms with van der Waals surface area (Å²) >= 11 is 12.2. The van der Waals surface area contributed by atoms with Crippen LogP contribution in [-0.4, -0.2) is 23.2 Å². The monoisotopic (exact) mass is 503 g/mol. The van der Waals surface area contributed by atoms with Gasteiger partial charge in [0.25, 0.3) is 0 Å². The number of carboxylic acids is 1. The molecule has 0 aromatic heterocycles. The Morgan fingerprint density at radius 1 is 1.09 bits per heavy atom. The number of benzene rings is 2. The van der Waals surface area contributed by atoms with Crippen LogP contribution in [0.3, 0.4) is 0 Å². The molecule has 2 aromatic rings. The molecule has 0 aliphatic carbocycles. The number of alkyl halides is 3. The molecule has 3 atom stereocenters. The highest BCUT2D eigenvalue weighted by atomic mass is 35.5. The predicted octanol–water partition coefficient (Wildman–Crippen LogP) is 7.27. The van der Waals surface area contributed by atoms with Crippen molar-refractivity contribution in [2.24, 2.45) is 11.3 Å². The van der Waals surface area contributed by atoms with Crippen molar-refractivity contribution in [3.05, 3.63) is 63.1 Å². The van der Waals surface area contributed by atoms with Crippen molar-refractivity contribution in [3.63, 3.8) is 0 Å². The molecule has 0 heterocycles. The molecule has 0 saturated carbocycles. The second kappa shape index (κ2) is 10.3. The van der Waals surface area contributed by atoms with Crippen LogP contribution >= 0.6 is 23.2 Å². The van der Waals surface area contributed by atoms with Gasteiger partial charge < -0.3 is 10.4 Å². The maximum absolute atomic E-state index is 13.6. The maximum atomic E-state index is 13.6. The van der Waals surface area contributed by atoms with Crippen LogP contribution < -0.4 is 5.32 Å². The normalized spacial score (nSPS) is 15.4. The molecule has 2 rings (SSSR count). The van der Waals surface area contributed by atoms with Gasteiger partial charge >= 0.3 is 12.1 Å². The molecule has 0 saturated heterocycles. The second-order valence-corrected chi connectivity index (χ2v) is 9.33. The number of carbonyl (C=O) groups is 2. The third kappa shape index (κ3) is 6.42. The van der Waals surface area contributed by atoms with Crippen LogP contribution in [-0.2, 0) is 16.0 Å². The lowest BCUT2D eigenvalue weighted by molar-refractivity contribution is -0.178. The maximum Gasteiger partial charge on any atom is 0.392 e. The number of hydrogen-bond donors (Lipinski definition) is 2. The van der Waals surface area contributed by atoms with Crippen LogP contribution in [0, 0.1) is 18.3 Å². The number of rotatable bonds is 8. The summed E-state index contributed by atoms with van der Waals surface area (Å²) in [6, 6.07) is 8.94. The molecule has 2 N–H and O–H groups in total. The van der Waals surface area contributed by atoms with Gasteiger partial charge in [0, 0.05) is 5.02 Å².